The molecule has 1 unspecified atom stereocenters. The molecule has 0 saturated carbocycles. The van der Waals surface area contributed by atoms with Gasteiger partial charge in [-0.2, -0.15) is 0 Å². The molecule has 0 spiro atoms. The highest BCUT2D eigenvalue weighted by atomic mass is 35.5. The average molecular weight is 481 g/mol. The number of rotatable bonds is 8. The number of aliphatic hydroxyl groups excluding tert-OH is 1. The maximum atomic E-state index is 13.4. The zero-order valence-corrected chi connectivity index (χ0v) is 18.2. The van der Waals surface area contributed by atoms with Crippen molar-refractivity contribution >= 4 is 35.0 Å². The number of ether oxygens (including phenoxy) is 2. The highest BCUT2D eigenvalue weighted by Crippen LogP contribution is 2.34. The molecule has 0 saturated heterocycles. The van der Waals surface area contributed by atoms with Crippen molar-refractivity contribution < 1.29 is 28.6 Å². The fourth-order valence-corrected chi connectivity index (χ4v) is 3.05. The van der Waals surface area contributed by atoms with Crippen LogP contribution >= 0.6 is 23.2 Å². The summed E-state index contributed by atoms with van der Waals surface area (Å²) in [5.41, 5.74) is 0.788. The van der Waals surface area contributed by atoms with Gasteiger partial charge in [0.25, 0.3) is 11.8 Å². The van der Waals surface area contributed by atoms with Gasteiger partial charge in [0, 0.05) is 35.3 Å². The fraction of sp³-hybridized carbons (Fsp3) is 0.182. The monoisotopic (exact) mass is 480 g/mol. The summed E-state index contributed by atoms with van der Waals surface area (Å²) in [4.78, 5) is 24.2. The van der Waals surface area contributed by atoms with Crippen LogP contribution in [0.5, 0.6) is 11.5 Å². The number of carbonyl (C=O) groups excluding carboxylic acids is 2. The third kappa shape index (κ3) is 6.23. The van der Waals surface area contributed by atoms with Crippen LogP contribution in [0.25, 0.3) is 0 Å². The van der Waals surface area contributed by atoms with Crippen LogP contribution in [-0.4, -0.2) is 30.1 Å². The van der Waals surface area contributed by atoms with E-state index in [9.17, 15) is 19.1 Å². The highest BCUT2D eigenvalue weighted by Gasteiger charge is 2.24. The van der Waals surface area contributed by atoms with E-state index < -0.39 is 23.7 Å². The first-order valence-corrected chi connectivity index (χ1v) is 10.2. The number of hydrogen-bond acceptors (Lipinski definition) is 5. The van der Waals surface area contributed by atoms with Crippen LogP contribution in [0.1, 0.15) is 18.1 Å². The van der Waals surface area contributed by atoms with Crippen molar-refractivity contribution in [3.05, 3.63) is 81.9 Å². The second-order valence-corrected chi connectivity index (χ2v) is 7.63. The molecule has 0 radical (unpaired) electrons. The summed E-state index contributed by atoms with van der Waals surface area (Å²) in [7, 11) is 0. The topological polar surface area (TPSA) is 96.9 Å². The van der Waals surface area contributed by atoms with Gasteiger partial charge in [-0.05, 0) is 36.4 Å². The maximum Gasteiger partial charge on any atom is 0.290 e. The van der Waals surface area contributed by atoms with Crippen molar-refractivity contribution in [2.45, 2.75) is 12.5 Å². The summed E-state index contributed by atoms with van der Waals surface area (Å²) in [6.07, 6.45) is 0.467. The Balaban J connectivity index is 1.41. The van der Waals surface area contributed by atoms with Gasteiger partial charge in [0.1, 0.15) is 23.4 Å². The van der Waals surface area contributed by atoms with Gasteiger partial charge in [0.05, 0.1) is 5.02 Å². The van der Waals surface area contributed by atoms with E-state index in [1.165, 1.54) is 18.2 Å². The van der Waals surface area contributed by atoms with Gasteiger partial charge in [0.15, 0.2) is 12.4 Å². The molecule has 1 aliphatic heterocycles. The molecule has 1 heterocycles. The van der Waals surface area contributed by atoms with Crippen molar-refractivity contribution in [2.24, 2.45) is 0 Å². The molecule has 1 aliphatic rings. The molecule has 0 aliphatic carbocycles. The molecule has 0 fully saturated rings. The van der Waals surface area contributed by atoms with Crippen LogP contribution in [0.3, 0.4) is 0 Å². The van der Waals surface area contributed by atoms with Gasteiger partial charge < -0.3 is 25.2 Å². The molecule has 2 aromatic rings. The maximum absolute atomic E-state index is 13.4. The lowest BCUT2D eigenvalue weighted by molar-refractivity contribution is -0.123. The first-order chi connectivity index (χ1) is 15.2. The molecule has 10 heteroatoms. The number of fused-ring (bicyclic) bond motifs is 1. The first kappa shape index (κ1) is 23.6. The van der Waals surface area contributed by atoms with Gasteiger partial charge >= 0.3 is 0 Å². The molecule has 1 atom stereocenters. The van der Waals surface area contributed by atoms with Crippen molar-refractivity contribution in [1.82, 2.24) is 10.6 Å². The third-order valence-corrected chi connectivity index (χ3v) is 4.89. The van der Waals surface area contributed by atoms with Gasteiger partial charge in [-0.15, -0.1) is 0 Å². The van der Waals surface area contributed by atoms with Crippen LogP contribution in [0.2, 0.25) is 10.0 Å². The van der Waals surface area contributed by atoms with Crippen molar-refractivity contribution in [1.29, 1.82) is 0 Å². The molecule has 2 amide bonds. The largest absolute Gasteiger partial charge is 0.484 e. The van der Waals surface area contributed by atoms with Crippen molar-refractivity contribution in [3.63, 3.8) is 0 Å². The summed E-state index contributed by atoms with van der Waals surface area (Å²) >= 11 is 11.5. The summed E-state index contributed by atoms with van der Waals surface area (Å²) < 4.78 is 24.1. The second kappa shape index (κ2) is 10.5. The standard InChI is InChI=1S/C22H19Cl2FN2O5/c1-12(6-7-26-21(29)11-31-14-3-4-16(24)17(25)9-14)27-22(30)20-10-18(28)15-8-13(23)2-5-19(15)32-20/h2-5,8-10,18,28H,1,6-7,11H2,(H,26,29)(H,27,30). The van der Waals surface area contributed by atoms with Crippen LogP contribution < -0.4 is 20.1 Å². The molecule has 2 aromatic carbocycles. The lowest BCUT2D eigenvalue weighted by Crippen LogP contribution is -2.32. The Hall–Kier alpha value is -3.07. The lowest BCUT2D eigenvalue weighted by atomic mass is 10.0. The summed E-state index contributed by atoms with van der Waals surface area (Å²) in [6.45, 7) is 3.60. The molecule has 0 aromatic heterocycles. The van der Waals surface area contributed by atoms with E-state index in [4.69, 9.17) is 32.7 Å². The Morgan fingerprint density at radius 2 is 2.00 bits per heavy atom. The molecule has 3 N–H and O–H groups in total. The minimum atomic E-state index is -1.04. The van der Waals surface area contributed by atoms with Gasteiger partial charge in [0.2, 0.25) is 0 Å². The predicted molar refractivity (Wildman–Crippen MR) is 117 cm³/mol. The number of nitrogens with one attached hydrogen (secondary N) is 2. The van der Waals surface area contributed by atoms with Crippen LogP contribution in [0.15, 0.2) is 60.5 Å². The number of benzene rings is 2. The molecule has 3 rings (SSSR count). The lowest BCUT2D eigenvalue weighted by Gasteiger charge is -2.21. The van der Waals surface area contributed by atoms with E-state index in [1.54, 1.807) is 18.2 Å². The smallest absolute Gasteiger partial charge is 0.290 e. The van der Waals surface area contributed by atoms with E-state index in [1.807, 2.05) is 0 Å². The van der Waals surface area contributed by atoms with Crippen LogP contribution in [-0.2, 0) is 9.59 Å². The van der Waals surface area contributed by atoms with Gasteiger partial charge in [-0.3, -0.25) is 9.59 Å². The van der Waals surface area contributed by atoms with E-state index in [0.717, 1.165) is 6.07 Å². The predicted octanol–water partition coefficient (Wildman–Crippen LogP) is 3.66. The summed E-state index contributed by atoms with van der Waals surface area (Å²) in [5, 5.41) is 15.7. The van der Waals surface area contributed by atoms with E-state index >= 15 is 0 Å². The second-order valence-electron chi connectivity index (χ2n) is 6.78. The quantitative estimate of drug-likeness (QED) is 0.535. The Morgan fingerprint density at radius 3 is 2.75 bits per heavy atom. The summed E-state index contributed by atoms with van der Waals surface area (Å²) in [6, 6.07) is 8.56. The summed E-state index contributed by atoms with van der Waals surface area (Å²) in [5.74, 6) is -1.25. The zero-order chi connectivity index (χ0) is 23.3. The number of carbonyl (C=O) groups is 2. The minimum Gasteiger partial charge on any atom is -0.484 e. The fourth-order valence-electron chi connectivity index (χ4n) is 2.76. The molecular formula is C22H19Cl2FN2O5. The van der Waals surface area contributed by atoms with Crippen LogP contribution in [0, 0.1) is 5.82 Å². The molecular weight excluding hydrogens is 462 g/mol. The highest BCUT2D eigenvalue weighted by molar-refractivity contribution is 6.31. The first-order valence-electron chi connectivity index (χ1n) is 9.44. The average Bonchev–Trinajstić information content (AvgIpc) is 2.75. The van der Waals surface area contributed by atoms with E-state index in [-0.39, 0.29) is 36.1 Å². The molecule has 7 nitrogen and oxygen atoms in total. The van der Waals surface area contributed by atoms with Crippen LogP contribution in [0.4, 0.5) is 4.39 Å². The van der Waals surface area contributed by atoms with Crippen molar-refractivity contribution in [3.8, 4) is 11.5 Å². The SMILES string of the molecule is C=C(CCNC(=O)COc1ccc(Cl)c(F)c1)NC(=O)C1=CC(O)c2cc(Cl)ccc2O1. The molecule has 0 bridgehead atoms. The molecule has 32 heavy (non-hydrogen) atoms. The van der Waals surface area contributed by atoms with E-state index in [2.05, 4.69) is 17.2 Å². The Labute approximate surface area is 193 Å². The van der Waals surface area contributed by atoms with E-state index in [0.29, 0.717) is 22.0 Å². The van der Waals surface area contributed by atoms with Gasteiger partial charge in [-0.1, -0.05) is 29.8 Å². The zero-order valence-electron chi connectivity index (χ0n) is 16.7. The number of aliphatic hydroxyl groups is 1. The normalized spacial score (nSPS) is 14.5. The Kier molecular flexibility index (Phi) is 7.74. The number of hydrogen-bond donors (Lipinski definition) is 3. The van der Waals surface area contributed by atoms with Crippen molar-refractivity contribution in [2.75, 3.05) is 13.2 Å². The number of amides is 2. The van der Waals surface area contributed by atoms with Gasteiger partial charge in [-0.25, -0.2) is 4.39 Å². The third-order valence-electron chi connectivity index (χ3n) is 4.34. The molecule has 168 valence electrons. The Bertz CT molecular complexity index is 1090. The Morgan fingerprint density at radius 1 is 1.22 bits per heavy atom. The number of halogens is 3. The minimum absolute atomic E-state index is 0.0418.